The van der Waals surface area contributed by atoms with Crippen LogP contribution in [-0.4, -0.2) is 35.7 Å². The van der Waals surface area contributed by atoms with Gasteiger partial charge in [-0.2, -0.15) is 0 Å². The number of carbonyl (C=O) groups is 1. The molecule has 2 rings (SSSR count). The van der Waals surface area contributed by atoms with E-state index in [2.05, 4.69) is 11.4 Å². The third-order valence-corrected chi connectivity index (χ3v) is 3.68. The molecule has 1 heterocycles. The number of nitrogens with one attached hydrogen (secondary N) is 1. The average molecular weight is 262 g/mol. The maximum absolute atomic E-state index is 12.5. The minimum atomic E-state index is -0.506. The zero-order valence-electron chi connectivity index (χ0n) is 12.0. The predicted molar refractivity (Wildman–Crippen MR) is 76.4 cm³/mol. The molecule has 1 aromatic carbocycles. The van der Waals surface area contributed by atoms with E-state index in [0.29, 0.717) is 6.54 Å². The second-order valence-electron chi connectivity index (χ2n) is 5.89. The van der Waals surface area contributed by atoms with E-state index >= 15 is 0 Å². The van der Waals surface area contributed by atoms with Crippen molar-refractivity contribution in [2.75, 3.05) is 18.1 Å². The van der Waals surface area contributed by atoms with Crippen LogP contribution in [0.4, 0.5) is 5.69 Å². The van der Waals surface area contributed by atoms with Crippen LogP contribution >= 0.6 is 0 Å². The van der Waals surface area contributed by atoms with Gasteiger partial charge in [0.05, 0.1) is 12.1 Å². The van der Waals surface area contributed by atoms with Gasteiger partial charge in [-0.1, -0.05) is 17.7 Å². The van der Waals surface area contributed by atoms with Crippen LogP contribution in [0.15, 0.2) is 18.2 Å². The highest BCUT2D eigenvalue weighted by atomic mass is 16.3. The molecule has 1 unspecified atom stereocenters. The molecule has 0 bridgehead atoms. The van der Waals surface area contributed by atoms with Crippen molar-refractivity contribution in [3.63, 3.8) is 0 Å². The Labute approximate surface area is 114 Å². The summed E-state index contributed by atoms with van der Waals surface area (Å²) in [5.41, 5.74) is 2.89. The van der Waals surface area contributed by atoms with Gasteiger partial charge in [-0.15, -0.1) is 0 Å². The smallest absolute Gasteiger partial charge is 0.247 e. The number of aryl methyl sites for hydroxylation is 2. The van der Waals surface area contributed by atoms with Crippen LogP contribution in [0.5, 0.6) is 0 Å². The fourth-order valence-electron chi connectivity index (χ4n) is 2.64. The zero-order valence-corrected chi connectivity index (χ0v) is 12.0. The molecule has 0 saturated carbocycles. The van der Waals surface area contributed by atoms with Crippen molar-refractivity contribution in [1.82, 2.24) is 5.32 Å². The fraction of sp³-hybridized carbons (Fsp3) is 0.533. The van der Waals surface area contributed by atoms with Crippen LogP contribution in [0, 0.1) is 13.8 Å². The molecule has 19 heavy (non-hydrogen) atoms. The fourth-order valence-corrected chi connectivity index (χ4v) is 2.64. The van der Waals surface area contributed by atoms with Crippen LogP contribution in [0.2, 0.25) is 0 Å². The Morgan fingerprint density at radius 2 is 2.11 bits per heavy atom. The van der Waals surface area contributed by atoms with Crippen molar-refractivity contribution < 1.29 is 9.90 Å². The van der Waals surface area contributed by atoms with Crippen LogP contribution in [0.1, 0.15) is 25.0 Å². The van der Waals surface area contributed by atoms with Crippen LogP contribution < -0.4 is 10.2 Å². The first-order chi connectivity index (χ1) is 8.86. The van der Waals surface area contributed by atoms with Gasteiger partial charge in [-0.3, -0.25) is 4.79 Å². The van der Waals surface area contributed by atoms with Gasteiger partial charge in [-0.05, 0) is 39.3 Å². The summed E-state index contributed by atoms with van der Waals surface area (Å²) in [7, 11) is 0. The molecule has 0 radical (unpaired) electrons. The third-order valence-electron chi connectivity index (χ3n) is 3.68. The molecule has 2 N–H and O–H groups in total. The SMILES string of the molecule is Cc1ccc(N2C(=O)C(CO)NCC2(C)C)c(C)c1. The van der Waals surface area contributed by atoms with Crippen LogP contribution in [-0.2, 0) is 4.79 Å². The zero-order chi connectivity index (χ0) is 14.2. The molecule has 1 saturated heterocycles. The highest BCUT2D eigenvalue weighted by Gasteiger charge is 2.41. The predicted octanol–water partition coefficient (Wildman–Crippen LogP) is 1.38. The van der Waals surface area contributed by atoms with E-state index in [4.69, 9.17) is 0 Å². The van der Waals surface area contributed by atoms with Crippen molar-refractivity contribution in [2.24, 2.45) is 0 Å². The molecule has 0 spiro atoms. The van der Waals surface area contributed by atoms with Crippen molar-refractivity contribution in [2.45, 2.75) is 39.3 Å². The largest absolute Gasteiger partial charge is 0.394 e. The van der Waals surface area contributed by atoms with Gasteiger partial charge in [0, 0.05) is 12.2 Å². The summed E-state index contributed by atoms with van der Waals surface area (Å²) in [5, 5.41) is 12.4. The van der Waals surface area contributed by atoms with E-state index in [9.17, 15) is 9.90 Å². The number of nitrogens with zero attached hydrogens (tertiary/aromatic N) is 1. The highest BCUT2D eigenvalue weighted by molar-refractivity contribution is 6.00. The van der Waals surface area contributed by atoms with Crippen molar-refractivity contribution >= 4 is 11.6 Å². The lowest BCUT2D eigenvalue weighted by atomic mass is 9.94. The summed E-state index contributed by atoms with van der Waals surface area (Å²) >= 11 is 0. The number of aliphatic hydroxyl groups is 1. The second kappa shape index (κ2) is 4.94. The standard InChI is InChI=1S/C15H22N2O2/c1-10-5-6-13(11(2)7-10)17-14(19)12(8-18)16-9-15(17,3)4/h5-7,12,16,18H,8-9H2,1-4H3. The molecular weight excluding hydrogens is 240 g/mol. The Balaban J connectivity index is 2.46. The number of piperazine rings is 1. The van der Waals surface area contributed by atoms with E-state index in [1.54, 1.807) is 0 Å². The molecule has 4 nitrogen and oxygen atoms in total. The Bertz CT molecular complexity index is 497. The number of hydrogen-bond acceptors (Lipinski definition) is 3. The average Bonchev–Trinajstić information content (AvgIpc) is 2.31. The molecule has 1 aliphatic rings. The van der Waals surface area contributed by atoms with Gasteiger partial charge >= 0.3 is 0 Å². The van der Waals surface area contributed by atoms with E-state index < -0.39 is 6.04 Å². The van der Waals surface area contributed by atoms with Gasteiger partial charge in [0.25, 0.3) is 0 Å². The lowest BCUT2D eigenvalue weighted by Crippen LogP contribution is -2.66. The monoisotopic (exact) mass is 262 g/mol. The third kappa shape index (κ3) is 2.51. The summed E-state index contributed by atoms with van der Waals surface area (Å²) in [4.78, 5) is 14.3. The lowest BCUT2D eigenvalue weighted by Gasteiger charge is -2.45. The summed E-state index contributed by atoms with van der Waals surface area (Å²) in [5.74, 6) is -0.0642. The molecule has 0 aromatic heterocycles. The molecule has 104 valence electrons. The topological polar surface area (TPSA) is 52.6 Å². The number of amides is 1. The maximum atomic E-state index is 12.5. The normalized spacial score (nSPS) is 22.7. The number of aliphatic hydroxyl groups excluding tert-OH is 1. The Morgan fingerprint density at radius 1 is 1.42 bits per heavy atom. The maximum Gasteiger partial charge on any atom is 0.247 e. The molecule has 1 amide bonds. The first kappa shape index (κ1) is 14.0. The first-order valence-electron chi connectivity index (χ1n) is 6.62. The van der Waals surface area contributed by atoms with E-state index in [-0.39, 0.29) is 18.1 Å². The number of anilines is 1. The molecule has 1 atom stereocenters. The summed E-state index contributed by atoms with van der Waals surface area (Å²) in [6.07, 6.45) is 0. The van der Waals surface area contributed by atoms with Crippen LogP contribution in [0.25, 0.3) is 0 Å². The number of rotatable bonds is 2. The molecular formula is C15H22N2O2. The Kier molecular flexibility index (Phi) is 3.65. The van der Waals surface area contributed by atoms with Crippen molar-refractivity contribution in [3.05, 3.63) is 29.3 Å². The van der Waals surface area contributed by atoms with Gasteiger partial charge < -0.3 is 15.3 Å². The summed E-state index contributed by atoms with van der Waals surface area (Å²) in [6, 6.07) is 5.58. The van der Waals surface area contributed by atoms with E-state index in [1.165, 1.54) is 5.56 Å². The van der Waals surface area contributed by atoms with Crippen LogP contribution in [0.3, 0.4) is 0 Å². The first-order valence-corrected chi connectivity index (χ1v) is 6.62. The minimum absolute atomic E-state index is 0.0642. The van der Waals surface area contributed by atoms with E-state index in [0.717, 1.165) is 11.3 Å². The highest BCUT2D eigenvalue weighted by Crippen LogP contribution is 2.30. The van der Waals surface area contributed by atoms with Crippen molar-refractivity contribution in [3.8, 4) is 0 Å². The quantitative estimate of drug-likeness (QED) is 0.846. The number of benzene rings is 1. The summed E-state index contributed by atoms with van der Waals surface area (Å²) in [6.45, 7) is 8.61. The molecule has 1 fully saturated rings. The van der Waals surface area contributed by atoms with E-state index in [1.807, 2.05) is 44.7 Å². The molecule has 1 aromatic rings. The number of hydrogen-bond donors (Lipinski definition) is 2. The van der Waals surface area contributed by atoms with Crippen molar-refractivity contribution in [1.29, 1.82) is 0 Å². The molecule has 0 aliphatic carbocycles. The Hall–Kier alpha value is -1.39. The minimum Gasteiger partial charge on any atom is -0.394 e. The summed E-state index contributed by atoms with van der Waals surface area (Å²) < 4.78 is 0. The van der Waals surface area contributed by atoms with Gasteiger partial charge in [0.15, 0.2) is 0 Å². The number of carbonyl (C=O) groups excluding carboxylic acids is 1. The van der Waals surface area contributed by atoms with Gasteiger partial charge in [0.2, 0.25) is 5.91 Å². The van der Waals surface area contributed by atoms with Gasteiger partial charge in [0.1, 0.15) is 6.04 Å². The Morgan fingerprint density at radius 3 is 2.68 bits per heavy atom. The second-order valence-corrected chi connectivity index (χ2v) is 5.89. The lowest BCUT2D eigenvalue weighted by molar-refractivity contribution is -0.124. The van der Waals surface area contributed by atoms with Gasteiger partial charge in [-0.25, -0.2) is 0 Å². The molecule has 4 heteroatoms. The molecule has 1 aliphatic heterocycles.